The Morgan fingerprint density at radius 3 is 2.61 bits per heavy atom. The molecule has 2 N–H and O–H groups in total. The third kappa shape index (κ3) is 3.98. The zero-order chi connectivity index (χ0) is 16.2. The van der Waals surface area contributed by atoms with Gasteiger partial charge < -0.3 is 5.32 Å². The largest absolute Gasteiger partial charge is 0.324 e. The SMILES string of the molecule is O=C(Nc1ccc(Cl)c(Cl)c1)Nc1ccnn1C1CCCCC1. The monoisotopic (exact) mass is 352 g/mol. The summed E-state index contributed by atoms with van der Waals surface area (Å²) < 4.78 is 1.91. The van der Waals surface area contributed by atoms with Crippen LogP contribution in [-0.2, 0) is 0 Å². The van der Waals surface area contributed by atoms with E-state index in [2.05, 4.69) is 15.7 Å². The van der Waals surface area contributed by atoms with E-state index in [4.69, 9.17) is 23.2 Å². The topological polar surface area (TPSA) is 59.0 Å². The van der Waals surface area contributed by atoms with Gasteiger partial charge in [-0.3, -0.25) is 5.32 Å². The van der Waals surface area contributed by atoms with Crippen LogP contribution in [-0.4, -0.2) is 15.8 Å². The molecule has 1 aromatic heterocycles. The Bertz CT molecular complexity index is 695. The average molecular weight is 353 g/mol. The first-order valence-electron chi connectivity index (χ1n) is 7.70. The van der Waals surface area contributed by atoms with Gasteiger partial charge >= 0.3 is 6.03 Å². The Kier molecular flexibility index (Phi) is 5.08. The number of amides is 2. The maximum atomic E-state index is 12.2. The number of nitrogens with zero attached hydrogens (tertiary/aromatic N) is 2. The summed E-state index contributed by atoms with van der Waals surface area (Å²) in [6.45, 7) is 0. The van der Waals surface area contributed by atoms with E-state index in [1.54, 1.807) is 24.4 Å². The summed E-state index contributed by atoms with van der Waals surface area (Å²) in [4.78, 5) is 12.2. The zero-order valence-electron chi connectivity index (χ0n) is 12.6. The second-order valence-corrected chi connectivity index (χ2v) is 6.48. The quantitative estimate of drug-likeness (QED) is 0.783. The molecule has 1 aromatic carbocycles. The second-order valence-electron chi connectivity index (χ2n) is 5.66. The molecule has 0 radical (unpaired) electrons. The third-order valence-electron chi connectivity index (χ3n) is 4.01. The van der Waals surface area contributed by atoms with Crippen LogP contribution in [0.3, 0.4) is 0 Å². The van der Waals surface area contributed by atoms with Crippen molar-refractivity contribution in [1.29, 1.82) is 0 Å². The number of rotatable bonds is 3. The van der Waals surface area contributed by atoms with E-state index in [1.807, 2.05) is 10.7 Å². The number of hydrogen-bond acceptors (Lipinski definition) is 2. The number of hydrogen-bond donors (Lipinski definition) is 2. The van der Waals surface area contributed by atoms with Crippen LogP contribution < -0.4 is 10.6 Å². The Balaban J connectivity index is 1.66. The predicted molar refractivity (Wildman–Crippen MR) is 93.5 cm³/mol. The molecule has 23 heavy (non-hydrogen) atoms. The Hall–Kier alpha value is -1.72. The Morgan fingerprint density at radius 1 is 1.09 bits per heavy atom. The molecule has 5 nitrogen and oxygen atoms in total. The fraction of sp³-hybridized carbons (Fsp3) is 0.375. The lowest BCUT2D eigenvalue weighted by molar-refractivity contribution is 0.261. The Morgan fingerprint density at radius 2 is 1.87 bits per heavy atom. The van der Waals surface area contributed by atoms with E-state index in [9.17, 15) is 4.79 Å². The van der Waals surface area contributed by atoms with Crippen molar-refractivity contribution >= 4 is 40.7 Å². The van der Waals surface area contributed by atoms with E-state index in [1.165, 1.54) is 19.3 Å². The first kappa shape index (κ1) is 16.1. The molecule has 1 aliphatic rings. The van der Waals surface area contributed by atoms with Crippen LogP contribution in [0.25, 0.3) is 0 Å². The first-order chi connectivity index (χ1) is 11.1. The number of carbonyl (C=O) groups is 1. The molecular weight excluding hydrogens is 335 g/mol. The number of aromatic nitrogens is 2. The first-order valence-corrected chi connectivity index (χ1v) is 8.45. The van der Waals surface area contributed by atoms with Crippen molar-refractivity contribution in [3.05, 3.63) is 40.5 Å². The summed E-state index contributed by atoms with van der Waals surface area (Å²) in [5.41, 5.74) is 0.584. The summed E-state index contributed by atoms with van der Waals surface area (Å²) >= 11 is 11.8. The number of urea groups is 1. The van der Waals surface area contributed by atoms with Gasteiger partial charge in [-0.15, -0.1) is 0 Å². The smallest absolute Gasteiger partial charge is 0.308 e. The van der Waals surface area contributed by atoms with E-state index < -0.39 is 0 Å². The van der Waals surface area contributed by atoms with Gasteiger partial charge in [-0.05, 0) is 31.0 Å². The van der Waals surface area contributed by atoms with Crippen molar-refractivity contribution in [1.82, 2.24) is 9.78 Å². The van der Waals surface area contributed by atoms with Crippen molar-refractivity contribution < 1.29 is 4.79 Å². The number of halogens is 2. The minimum Gasteiger partial charge on any atom is -0.308 e. The lowest BCUT2D eigenvalue weighted by atomic mass is 9.96. The van der Waals surface area contributed by atoms with E-state index in [0.29, 0.717) is 27.6 Å². The summed E-state index contributed by atoms with van der Waals surface area (Å²) in [7, 11) is 0. The summed E-state index contributed by atoms with van der Waals surface area (Å²) in [5, 5.41) is 10.8. The molecule has 2 amide bonds. The molecule has 1 saturated carbocycles. The second kappa shape index (κ2) is 7.23. The molecule has 1 fully saturated rings. The van der Waals surface area contributed by atoms with E-state index in [-0.39, 0.29) is 6.03 Å². The van der Waals surface area contributed by atoms with Gasteiger partial charge in [-0.2, -0.15) is 5.10 Å². The maximum Gasteiger partial charge on any atom is 0.324 e. The van der Waals surface area contributed by atoms with Crippen molar-refractivity contribution in [3.63, 3.8) is 0 Å². The summed E-state index contributed by atoms with van der Waals surface area (Å²) in [6, 6.07) is 6.79. The summed E-state index contributed by atoms with van der Waals surface area (Å²) in [6.07, 6.45) is 7.61. The van der Waals surface area contributed by atoms with Crippen molar-refractivity contribution in [2.24, 2.45) is 0 Å². The lowest BCUT2D eigenvalue weighted by Gasteiger charge is -2.23. The van der Waals surface area contributed by atoms with Gasteiger partial charge in [0.05, 0.1) is 22.3 Å². The van der Waals surface area contributed by atoms with Gasteiger partial charge in [0.1, 0.15) is 5.82 Å². The molecule has 0 bridgehead atoms. The summed E-state index contributed by atoms with van der Waals surface area (Å²) in [5.74, 6) is 0.703. The van der Waals surface area contributed by atoms with Crippen LogP contribution in [0.1, 0.15) is 38.1 Å². The molecule has 7 heteroatoms. The van der Waals surface area contributed by atoms with Crippen LogP contribution in [0.4, 0.5) is 16.3 Å². The van der Waals surface area contributed by atoms with Crippen LogP contribution in [0.5, 0.6) is 0 Å². The highest BCUT2D eigenvalue weighted by Crippen LogP contribution is 2.30. The highest BCUT2D eigenvalue weighted by atomic mass is 35.5. The predicted octanol–water partition coefficient (Wildman–Crippen LogP) is 5.34. The molecule has 0 spiro atoms. The molecular formula is C16H18Cl2N4O. The molecule has 0 atom stereocenters. The molecule has 0 unspecified atom stereocenters. The van der Waals surface area contributed by atoms with Crippen LogP contribution in [0.2, 0.25) is 10.0 Å². The number of benzene rings is 1. The molecule has 0 saturated heterocycles. The third-order valence-corrected chi connectivity index (χ3v) is 4.75. The van der Waals surface area contributed by atoms with Gasteiger partial charge in [0.15, 0.2) is 0 Å². The molecule has 122 valence electrons. The zero-order valence-corrected chi connectivity index (χ0v) is 14.1. The van der Waals surface area contributed by atoms with E-state index >= 15 is 0 Å². The molecule has 1 aliphatic carbocycles. The van der Waals surface area contributed by atoms with Crippen molar-refractivity contribution in [2.45, 2.75) is 38.1 Å². The minimum atomic E-state index is -0.332. The van der Waals surface area contributed by atoms with Gasteiger partial charge in [0, 0.05) is 11.8 Å². The number of carbonyl (C=O) groups excluding carboxylic acids is 1. The maximum absolute atomic E-state index is 12.2. The Labute approximate surface area is 145 Å². The molecule has 1 heterocycles. The minimum absolute atomic E-state index is 0.332. The van der Waals surface area contributed by atoms with Gasteiger partial charge in [0.25, 0.3) is 0 Å². The van der Waals surface area contributed by atoms with E-state index in [0.717, 1.165) is 12.8 Å². The van der Waals surface area contributed by atoms with Gasteiger partial charge in [-0.25, -0.2) is 9.48 Å². The van der Waals surface area contributed by atoms with Crippen molar-refractivity contribution in [2.75, 3.05) is 10.6 Å². The molecule has 3 rings (SSSR count). The normalized spacial score (nSPS) is 15.4. The van der Waals surface area contributed by atoms with Gasteiger partial charge in [-0.1, -0.05) is 42.5 Å². The molecule has 0 aliphatic heterocycles. The van der Waals surface area contributed by atoms with Crippen molar-refractivity contribution in [3.8, 4) is 0 Å². The fourth-order valence-corrected chi connectivity index (χ4v) is 3.18. The standard InChI is InChI=1S/C16H18Cl2N4O/c17-13-7-6-11(10-14(13)18)20-16(23)21-15-8-9-19-22(15)12-4-2-1-3-5-12/h6-10,12H,1-5H2,(H2,20,21,23). The number of nitrogens with one attached hydrogen (secondary N) is 2. The average Bonchev–Trinajstić information content (AvgIpc) is 3.00. The highest BCUT2D eigenvalue weighted by Gasteiger charge is 2.19. The van der Waals surface area contributed by atoms with Crippen LogP contribution in [0.15, 0.2) is 30.5 Å². The van der Waals surface area contributed by atoms with Gasteiger partial charge in [0.2, 0.25) is 0 Å². The lowest BCUT2D eigenvalue weighted by Crippen LogP contribution is -2.23. The molecule has 2 aromatic rings. The highest BCUT2D eigenvalue weighted by molar-refractivity contribution is 6.42. The van der Waals surface area contributed by atoms with Crippen LogP contribution >= 0.6 is 23.2 Å². The van der Waals surface area contributed by atoms with Crippen LogP contribution in [0, 0.1) is 0 Å². The number of anilines is 2. The fourth-order valence-electron chi connectivity index (χ4n) is 2.88.